The fraction of sp³-hybridized carbons (Fsp3) is 0.467. The maximum atomic E-state index is 12.6. The van der Waals surface area contributed by atoms with E-state index in [9.17, 15) is 14.9 Å². The summed E-state index contributed by atoms with van der Waals surface area (Å²) in [6.07, 6.45) is 1.18. The Balaban J connectivity index is 2.27. The van der Waals surface area contributed by atoms with E-state index in [1.165, 1.54) is 6.07 Å². The molecule has 6 heteroatoms. The molecule has 0 radical (unpaired) electrons. The summed E-state index contributed by atoms with van der Waals surface area (Å²) in [5.41, 5.74) is 0.188. The van der Waals surface area contributed by atoms with Gasteiger partial charge < -0.3 is 4.90 Å². The van der Waals surface area contributed by atoms with Gasteiger partial charge in [-0.25, -0.2) is 0 Å². The Hall–Kier alpha value is -2.42. The van der Waals surface area contributed by atoms with Gasteiger partial charge >= 0.3 is 0 Å². The van der Waals surface area contributed by atoms with Gasteiger partial charge in [-0.3, -0.25) is 14.9 Å². The number of carbonyl (C=O) groups is 1. The standard InChI is InChI=1S/C15H17N3O3/c1-11-4-3-5-12(18(20)21)13(11)14(19)17-8-6-15(2,10-16)7-9-17/h3-5H,6-9H2,1-2H3. The molecule has 0 unspecified atom stereocenters. The van der Waals surface area contributed by atoms with Crippen molar-refractivity contribution < 1.29 is 9.72 Å². The minimum Gasteiger partial charge on any atom is -0.338 e. The van der Waals surface area contributed by atoms with Crippen LogP contribution in [0.1, 0.15) is 35.7 Å². The molecule has 0 atom stereocenters. The van der Waals surface area contributed by atoms with Crippen LogP contribution in [0.3, 0.4) is 0 Å². The number of hydrogen-bond donors (Lipinski definition) is 0. The Labute approximate surface area is 123 Å². The van der Waals surface area contributed by atoms with Crippen LogP contribution < -0.4 is 0 Å². The van der Waals surface area contributed by atoms with Crippen molar-refractivity contribution in [3.05, 3.63) is 39.4 Å². The van der Waals surface area contributed by atoms with Crippen LogP contribution in [-0.4, -0.2) is 28.8 Å². The van der Waals surface area contributed by atoms with Gasteiger partial charge in [0.2, 0.25) is 0 Å². The van der Waals surface area contributed by atoms with Crippen LogP contribution in [-0.2, 0) is 0 Å². The lowest BCUT2D eigenvalue weighted by atomic mass is 9.82. The second-order valence-electron chi connectivity index (χ2n) is 5.69. The number of piperidine rings is 1. The number of aryl methyl sites for hydroxylation is 1. The summed E-state index contributed by atoms with van der Waals surface area (Å²) in [4.78, 5) is 24.8. The van der Waals surface area contributed by atoms with Gasteiger partial charge in [0.15, 0.2) is 0 Å². The molecular formula is C15H17N3O3. The zero-order chi connectivity index (χ0) is 15.6. The summed E-state index contributed by atoms with van der Waals surface area (Å²) in [6, 6.07) is 6.90. The summed E-state index contributed by atoms with van der Waals surface area (Å²) in [6.45, 7) is 4.48. The van der Waals surface area contributed by atoms with Gasteiger partial charge in [0.05, 0.1) is 16.4 Å². The first-order valence-corrected chi connectivity index (χ1v) is 6.82. The molecular weight excluding hydrogens is 270 g/mol. The molecule has 0 bridgehead atoms. The van der Waals surface area contributed by atoms with Gasteiger partial charge in [-0.15, -0.1) is 0 Å². The number of nitro benzene ring substituents is 1. The quantitative estimate of drug-likeness (QED) is 0.618. The minimum atomic E-state index is -0.524. The third-order valence-corrected chi connectivity index (χ3v) is 4.09. The van der Waals surface area contributed by atoms with Gasteiger partial charge in [-0.05, 0) is 32.3 Å². The average molecular weight is 287 g/mol. The maximum absolute atomic E-state index is 12.6. The monoisotopic (exact) mass is 287 g/mol. The van der Waals surface area contributed by atoms with Crippen molar-refractivity contribution in [1.29, 1.82) is 5.26 Å². The van der Waals surface area contributed by atoms with Gasteiger partial charge in [0.1, 0.15) is 5.56 Å². The van der Waals surface area contributed by atoms with Crippen molar-refractivity contribution in [2.24, 2.45) is 5.41 Å². The van der Waals surface area contributed by atoms with Crippen molar-refractivity contribution >= 4 is 11.6 Å². The molecule has 0 aromatic heterocycles. The Bertz CT molecular complexity index is 626. The number of hydrogen-bond acceptors (Lipinski definition) is 4. The SMILES string of the molecule is Cc1cccc([N+](=O)[O-])c1C(=O)N1CCC(C)(C#N)CC1. The lowest BCUT2D eigenvalue weighted by Crippen LogP contribution is -2.42. The van der Waals surface area contributed by atoms with Crippen molar-refractivity contribution in [3.8, 4) is 6.07 Å². The normalized spacial score (nSPS) is 17.1. The van der Waals surface area contributed by atoms with Gasteiger partial charge in [-0.1, -0.05) is 12.1 Å². The molecule has 6 nitrogen and oxygen atoms in total. The number of amides is 1. The summed E-state index contributed by atoms with van der Waals surface area (Å²) in [7, 11) is 0. The van der Waals surface area contributed by atoms with E-state index < -0.39 is 10.3 Å². The zero-order valence-electron chi connectivity index (χ0n) is 12.1. The highest BCUT2D eigenvalue weighted by molar-refractivity contribution is 5.99. The van der Waals surface area contributed by atoms with Crippen LogP contribution >= 0.6 is 0 Å². The van der Waals surface area contributed by atoms with Crippen LogP contribution in [0.4, 0.5) is 5.69 Å². The van der Waals surface area contributed by atoms with E-state index in [0.717, 1.165) is 0 Å². The predicted molar refractivity (Wildman–Crippen MR) is 76.7 cm³/mol. The molecule has 1 fully saturated rings. The van der Waals surface area contributed by atoms with Crippen molar-refractivity contribution in [1.82, 2.24) is 4.90 Å². The second kappa shape index (κ2) is 5.52. The molecule has 0 aliphatic carbocycles. The van der Waals surface area contributed by atoms with E-state index in [0.29, 0.717) is 31.5 Å². The Morgan fingerprint density at radius 3 is 2.57 bits per heavy atom. The summed E-state index contributed by atoms with van der Waals surface area (Å²) in [5.74, 6) is -0.320. The molecule has 1 aliphatic rings. The maximum Gasteiger partial charge on any atom is 0.282 e. The van der Waals surface area contributed by atoms with Crippen molar-refractivity contribution in [3.63, 3.8) is 0 Å². The number of nitro groups is 1. The highest BCUT2D eigenvalue weighted by atomic mass is 16.6. The molecule has 1 amide bonds. The smallest absolute Gasteiger partial charge is 0.282 e. The van der Waals surface area contributed by atoms with Crippen LogP contribution in [0.15, 0.2) is 18.2 Å². The molecule has 1 aromatic carbocycles. The predicted octanol–water partition coefficient (Wildman–Crippen LogP) is 2.67. The molecule has 1 aromatic rings. The lowest BCUT2D eigenvalue weighted by Gasteiger charge is -2.35. The number of benzene rings is 1. The molecule has 110 valence electrons. The molecule has 1 saturated heterocycles. The Morgan fingerprint density at radius 1 is 1.43 bits per heavy atom. The van der Waals surface area contributed by atoms with E-state index in [1.54, 1.807) is 24.0 Å². The first-order chi connectivity index (χ1) is 9.88. The summed E-state index contributed by atoms with van der Waals surface area (Å²) in [5, 5.41) is 20.2. The first kappa shape index (κ1) is 15.0. The fourth-order valence-corrected chi connectivity index (χ4v) is 2.56. The third-order valence-electron chi connectivity index (χ3n) is 4.09. The zero-order valence-corrected chi connectivity index (χ0v) is 12.1. The molecule has 0 N–H and O–H groups in total. The van der Waals surface area contributed by atoms with E-state index in [1.807, 2.05) is 6.92 Å². The highest BCUT2D eigenvalue weighted by Gasteiger charge is 2.34. The minimum absolute atomic E-state index is 0.156. The second-order valence-corrected chi connectivity index (χ2v) is 5.69. The van der Waals surface area contributed by atoms with Gasteiger partial charge in [0, 0.05) is 19.2 Å². The van der Waals surface area contributed by atoms with Crippen molar-refractivity contribution in [2.75, 3.05) is 13.1 Å². The van der Waals surface area contributed by atoms with E-state index in [2.05, 4.69) is 6.07 Å². The lowest BCUT2D eigenvalue weighted by molar-refractivity contribution is -0.385. The van der Waals surface area contributed by atoms with Gasteiger partial charge in [-0.2, -0.15) is 5.26 Å². The van der Waals surface area contributed by atoms with Crippen molar-refractivity contribution in [2.45, 2.75) is 26.7 Å². The molecule has 1 aliphatic heterocycles. The topological polar surface area (TPSA) is 87.2 Å². The largest absolute Gasteiger partial charge is 0.338 e. The highest BCUT2D eigenvalue weighted by Crippen LogP contribution is 2.32. The van der Waals surface area contributed by atoms with Crippen LogP contribution in [0, 0.1) is 33.8 Å². The molecule has 0 spiro atoms. The molecule has 21 heavy (non-hydrogen) atoms. The Kier molecular flexibility index (Phi) is 3.94. The number of nitrogens with zero attached hydrogens (tertiary/aromatic N) is 3. The summed E-state index contributed by atoms with van der Waals surface area (Å²) >= 11 is 0. The average Bonchev–Trinajstić information content (AvgIpc) is 2.47. The first-order valence-electron chi connectivity index (χ1n) is 6.82. The molecule has 1 heterocycles. The van der Waals surface area contributed by atoms with Crippen LogP contribution in [0.2, 0.25) is 0 Å². The van der Waals surface area contributed by atoms with Crippen LogP contribution in [0.5, 0.6) is 0 Å². The van der Waals surface area contributed by atoms with E-state index >= 15 is 0 Å². The molecule has 2 rings (SSSR count). The number of nitriles is 1. The Morgan fingerprint density at radius 2 is 2.05 bits per heavy atom. The van der Waals surface area contributed by atoms with E-state index in [4.69, 9.17) is 5.26 Å². The van der Waals surface area contributed by atoms with Gasteiger partial charge in [0.25, 0.3) is 11.6 Å². The van der Waals surface area contributed by atoms with Crippen LogP contribution in [0.25, 0.3) is 0 Å². The third kappa shape index (κ3) is 2.87. The molecule has 0 saturated carbocycles. The number of carbonyl (C=O) groups excluding carboxylic acids is 1. The number of rotatable bonds is 2. The number of likely N-dealkylation sites (tertiary alicyclic amines) is 1. The summed E-state index contributed by atoms with van der Waals surface area (Å²) < 4.78 is 0. The van der Waals surface area contributed by atoms with E-state index in [-0.39, 0.29) is 17.2 Å². The fourth-order valence-electron chi connectivity index (χ4n) is 2.56.